The van der Waals surface area contributed by atoms with Crippen LogP contribution in [0, 0.1) is 0 Å². The lowest BCUT2D eigenvalue weighted by Gasteiger charge is -2.03. The van der Waals surface area contributed by atoms with Crippen molar-refractivity contribution in [3.8, 4) is 0 Å². The first kappa shape index (κ1) is 12.1. The van der Waals surface area contributed by atoms with Gasteiger partial charge in [-0.15, -0.1) is 0 Å². The van der Waals surface area contributed by atoms with E-state index in [-0.39, 0.29) is 13.9 Å². The molecule has 0 aliphatic heterocycles. The molecule has 0 aromatic heterocycles. The van der Waals surface area contributed by atoms with Crippen LogP contribution in [0.2, 0.25) is 0 Å². The molecule has 0 saturated heterocycles. The van der Waals surface area contributed by atoms with E-state index in [2.05, 4.69) is 22.6 Å². The molecule has 0 bridgehead atoms. The van der Waals surface area contributed by atoms with E-state index in [0.717, 1.165) is 23.7 Å². The highest BCUT2D eigenvalue weighted by atomic mass is 127. The molecule has 0 saturated carbocycles. The number of rotatable bonds is 6. The fourth-order valence-corrected chi connectivity index (χ4v) is 2.79. The summed E-state index contributed by atoms with van der Waals surface area (Å²) in [5.41, 5.74) is 0. The highest BCUT2D eigenvalue weighted by molar-refractivity contribution is 14.1. The lowest BCUT2D eigenvalue weighted by atomic mass is 10.3. The quantitative estimate of drug-likeness (QED) is 0.326. The van der Waals surface area contributed by atoms with Crippen LogP contribution in [0.3, 0.4) is 0 Å². The molecule has 0 aromatic rings. The van der Waals surface area contributed by atoms with Gasteiger partial charge in [0.15, 0.2) is 8.46 Å². The van der Waals surface area contributed by atoms with Crippen LogP contribution in [-0.4, -0.2) is 16.5 Å². The molecule has 0 rings (SSSR count). The molecule has 66 valence electrons. The molecule has 2 unspecified atom stereocenters. The number of halogens is 1. The third kappa shape index (κ3) is 6.24. The average molecular weight is 306 g/mol. The maximum atomic E-state index is 10.9. The van der Waals surface area contributed by atoms with Crippen LogP contribution in [-0.2, 0) is 9.13 Å². The Balaban J connectivity index is 3.52. The second-order valence-corrected chi connectivity index (χ2v) is 6.73. The van der Waals surface area contributed by atoms with Crippen LogP contribution >= 0.6 is 38.9 Å². The summed E-state index contributed by atoms with van der Waals surface area (Å²) in [6, 6.07) is 0. The van der Waals surface area contributed by atoms with Crippen LogP contribution in [0.5, 0.6) is 0 Å². The van der Waals surface area contributed by atoms with Crippen molar-refractivity contribution in [2.45, 2.75) is 24.7 Å². The minimum Gasteiger partial charge on any atom is -0.326 e. The highest BCUT2D eigenvalue weighted by Crippen LogP contribution is 2.35. The Hall–Kier alpha value is 1.06. The van der Waals surface area contributed by atoms with Crippen LogP contribution in [0.1, 0.15) is 19.3 Å². The van der Waals surface area contributed by atoms with Gasteiger partial charge < -0.3 is 4.57 Å². The Kier molecular flexibility index (Phi) is 8.44. The van der Waals surface area contributed by atoms with Crippen LogP contribution in [0.15, 0.2) is 0 Å². The summed E-state index contributed by atoms with van der Waals surface area (Å²) in [5, 5.41) is -0.0667. The molecular formula is C6H13IO2P2. The van der Waals surface area contributed by atoms with Gasteiger partial charge in [0.05, 0.1) is 13.2 Å². The first-order valence-corrected chi connectivity index (χ1v) is 8.00. The van der Waals surface area contributed by atoms with Crippen LogP contribution < -0.4 is 0 Å². The zero-order chi connectivity index (χ0) is 8.69. The average Bonchev–Trinajstić information content (AvgIpc) is 1.97. The van der Waals surface area contributed by atoms with E-state index < -0.39 is 7.80 Å². The molecule has 11 heavy (non-hydrogen) atoms. The summed E-state index contributed by atoms with van der Waals surface area (Å²) < 4.78 is 22.5. The summed E-state index contributed by atoms with van der Waals surface area (Å²) in [7, 11) is -1.52. The Bertz CT molecular complexity index is 141. The lowest BCUT2D eigenvalue weighted by molar-refractivity contribution is 0.576. The molecule has 0 heterocycles. The smallest absolute Gasteiger partial charge is 0.166 e. The molecule has 5 heteroatoms. The summed E-state index contributed by atoms with van der Waals surface area (Å²) in [4.78, 5) is 0. The summed E-state index contributed by atoms with van der Waals surface area (Å²) in [6.07, 6.45) is 3.04. The van der Waals surface area contributed by atoms with Gasteiger partial charge in [-0.1, -0.05) is 29.0 Å². The number of unbranched alkanes of at least 4 members (excludes halogenated alkanes) is 1. The van der Waals surface area contributed by atoms with E-state index in [1.807, 2.05) is 0 Å². The SMILES string of the molecule is C[PH](=O)C(CCCCI)P=O. The van der Waals surface area contributed by atoms with Crippen molar-refractivity contribution in [2.75, 3.05) is 11.1 Å². The molecule has 2 atom stereocenters. The van der Waals surface area contributed by atoms with Gasteiger partial charge in [-0.25, -0.2) is 0 Å². The maximum Gasteiger partial charge on any atom is 0.166 e. The lowest BCUT2D eigenvalue weighted by Crippen LogP contribution is -1.91. The van der Waals surface area contributed by atoms with E-state index in [0.29, 0.717) is 0 Å². The van der Waals surface area contributed by atoms with Crippen molar-refractivity contribution in [3.63, 3.8) is 0 Å². The Labute approximate surface area is 83.7 Å². The fourth-order valence-electron chi connectivity index (χ4n) is 0.762. The van der Waals surface area contributed by atoms with Gasteiger partial charge in [0, 0.05) is 0 Å². The van der Waals surface area contributed by atoms with Gasteiger partial charge in [-0.3, -0.25) is 4.57 Å². The molecular weight excluding hydrogens is 293 g/mol. The van der Waals surface area contributed by atoms with Crippen molar-refractivity contribution in [3.05, 3.63) is 0 Å². The van der Waals surface area contributed by atoms with Crippen LogP contribution in [0.25, 0.3) is 0 Å². The van der Waals surface area contributed by atoms with Gasteiger partial charge in [-0.2, -0.15) is 0 Å². The first-order chi connectivity index (χ1) is 5.22. The third-order valence-corrected chi connectivity index (χ3v) is 5.37. The summed E-state index contributed by atoms with van der Waals surface area (Å²) >= 11 is 2.31. The van der Waals surface area contributed by atoms with Crippen molar-refractivity contribution in [1.29, 1.82) is 0 Å². The summed E-state index contributed by atoms with van der Waals surface area (Å²) in [5.74, 6) is 0. The predicted octanol–water partition coefficient (Wildman–Crippen LogP) is 3.40. The molecule has 2 nitrogen and oxygen atoms in total. The Morgan fingerprint density at radius 2 is 2.18 bits per heavy atom. The standard InChI is InChI=1S/C6H13IO2P2/c1-11(9)6(10-8)4-2-3-5-7/h6,11H,2-5H2,1H3. The highest BCUT2D eigenvalue weighted by Gasteiger charge is 2.11. The van der Waals surface area contributed by atoms with E-state index in [1.54, 1.807) is 6.66 Å². The first-order valence-electron chi connectivity index (χ1n) is 3.61. The van der Waals surface area contributed by atoms with E-state index in [9.17, 15) is 9.13 Å². The van der Waals surface area contributed by atoms with Crippen LogP contribution in [0.4, 0.5) is 0 Å². The van der Waals surface area contributed by atoms with Crippen molar-refractivity contribution < 1.29 is 9.13 Å². The molecule has 0 spiro atoms. The van der Waals surface area contributed by atoms with Gasteiger partial charge in [0.1, 0.15) is 0 Å². The summed E-state index contributed by atoms with van der Waals surface area (Å²) in [6.45, 7) is 1.68. The molecule has 0 aromatic carbocycles. The second kappa shape index (κ2) is 7.70. The molecule has 0 N–H and O–H groups in total. The zero-order valence-electron chi connectivity index (χ0n) is 6.55. The molecule has 0 fully saturated rings. The number of hydrogen-bond donors (Lipinski definition) is 0. The van der Waals surface area contributed by atoms with Gasteiger partial charge in [0.25, 0.3) is 0 Å². The monoisotopic (exact) mass is 306 g/mol. The Morgan fingerprint density at radius 3 is 2.55 bits per heavy atom. The second-order valence-electron chi connectivity index (χ2n) is 2.42. The van der Waals surface area contributed by atoms with E-state index in [4.69, 9.17) is 0 Å². The van der Waals surface area contributed by atoms with Gasteiger partial charge in [0.2, 0.25) is 0 Å². The number of hydrogen-bond acceptors (Lipinski definition) is 2. The number of alkyl halides is 1. The van der Waals surface area contributed by atoms with Gasteiger partial charge >= 0.3 is 0 Å². The predicted molar refractivity (Wildman–Crippen MR) is 59.1 cm³/mol. The van der Waals surface area contributed by atoms with Crippen molar-refractivity contribution in [2.24, 2.45) is 0 Å². The van der Waals surface area contributed by atoms with E-state index >= 15 is 0 Å². The minimum absolute atomic E-state index is 0.0648. The van der Waals surface area contributed by atoms with Crippen molar-refractivity contribution in [1.82, 2.24) is 0 Å². The van der Waals surface area contributed by atoms with Gasteiger partial charge in [-0.05, 0) is 23.9 Å². The molecule has 0 amide bonds. The van der Waals surface area contributed by atoms with E-state index in [1.165, 1.54) is 0 Å². The Morgan fingerprint density at radius 1 is 1.55 bits per heavy atom. The molecule has 0 aliphatic carbocycles. The normalized spacial score (nSPS) is 16.5. The van der Waals surface area contributed by atoms with Crippen molar-refractivity contribution >= 4 is 38.9 Å². The fraction of sp³-hybridized carbons (Fsp3) is 1.00. The third-order valence-electron chi connectivity index (χ3n) is 1.46. The molecule has 0 radical (unpaired) electrons. The maximum absolute atomic E-state index is 10.9. The topological polar surface area (TPSA) is 34.1 Å². The largest absolute Gasteiger partial charge is 0.326 e. The zero-order valence-corrected chi connectivity index (χ0v) is 10.6. The minimum atomic E-state index is -1.58. The molecule has 0 aliphatic rings.